The van der Waals surface area contributed by atoms with E-state index in [0.717, 1.165) is 5.75 Å². The lowest BCUT2D eigenvalue weighted by atomic mass is 10.2. The largest absolute Gasteiger partial charge is 0.497 e. The number of aryl methyl sites for hydroxylation is 1. The van der Waals surface area contributed by atoms with Gasteiger partial charge in [-0.15, -0.1) is 0 Å². The van der Waals surface area contributed by atoms with E-state index < -0.39 is 0 Å². The third-order valence-corrected chi connectivity index (χ3v) is 3.31. The van der Waals surface area contributed by atoms with Gasteiger partial charge in [0.1, 0.15) is 23.9 Å². The summed E-state index contributed by atoms with van der Waals surface area (Å²) >= 11 is 0. The Morgan fingerprint density at radius 2 is 1.91 bits per heavy atom. The van der Waals surface area contributed by atoms with Crippen LogP contribution in [0.15, 0.2) is 28.8 Å². The first-order chi connectivity index (χ1) is 11.0. The summed E-state index contributed by atoms with van der Waals surface area (Å²) in [6, 6.07) is 7.23. The van der Waals surface area contributed by atoms with Crippen LogP contribution >= 0.6 is 0 Å². The number of nitrogens with zero attached hydrogens (tertiary/aromatic N) is 1. The number of rotatable bonds is 7. The van der Waals surface area contributed by atoms with E-state index in [2.05, 4.69) is 10.5 Å². The molecule has 0 saturated heterocycles. The Hall–Kier alpha value is -2.50. The van der Waals surface area contributed by atoms with E-state index in [4.69, 9.17) is 14.0 Å². The second-order valence-corrected chi connectivity index (χ2v) is 5.63. The standard InChI is InChI=1S/C17H22N2O4/c1-11(2)9-18-17(20)16-15(12(3)23-19-16)10-22-14-7-5-13(21-4)6-8-14/h5-8,11H,9-10H2,1-4H3,(H,18,20). The van der Waals surface area contributed by atoms with Gasteiger partial charge < -0.3 is 19.3 Å². The van der Waals surface area contributed by atoms with Crippen LogP contribution in [0.1, 0.15) is 35.7 Å². The highest BCUT2D eigenvalue weighted by atomic mass is 16.5. The zero-order valence-corrected chi connectivity index (χ0v) is 13.9. The molecular formula is C17H22N2O4. The van der Waals surface area contributed by atoms with Gasteiger partial charge in [0.25, 0.3) is 5.91 Å². The second-order valence-electron chi connectivity index (χ2n) is 5.63. The Labute approximate surface area is 135 Å². The molecule has 0 aliphatic heterocycles. The Morgan fingerprint density at radius 3 is 2.52 bits per heavy atom. The number of amides is 1. The predicted octanol–water partition coefficient (Wildman–Crippen LogP) is 2.96. The zero-order chi connectivity index (χ0) is 16.8. The molecule has 6 heteroatoms. The van der Waals surface area contributed by atoms with Crippen LogP contribution in [0.5, 0.6) is 11.5 Å². The normalized spacial score (nSPS) is 10.7. The smallest absolute Gasteiger partial charge is 0.273 e. The molecule has 0 radical (unpaired) electrons. The van der Waals surface area contributed by atoms with Crippen molar-refractivity contribution in [2.75, 3.05) is 13.7 Å². The summed E-state index contributed by atoms with van der Waals surface area (Å²) in [6.07, 6.45) is 0. The molecule has 0 aliphatic carbocycles. The number of carbonyl (C=O) groups excluding carboxylic acids is 1. The molecule has 23 heavy (non-hydrogen) atoms. The van der Waals surface area contributed by atoms with Crippen molar-refractivity contribution in [3.63, 3.8) is 0 Å². The quantitative estimate of drug-likeness (QED) is 0.849. The van der Waals surface area contributed by atoms with E-state index in [9.17, 15) is 4.79 Å². The lowest BCUT2D eigenvalue weighted by Gasteiger charge is -2.09. The summed E-state index contributed by atoms with van der Waals surface area (Å²) in [4.78, 5) is 12.2. The molecule has 2 aromatic rings. The van der Waals surface area contributed by atoms with E-state index in [0.29, 0.717) is 29.5 Å². The first-order valence-corrected chi connectivity index (χ1v) is 7.51. The maximum Gasteiger partial charge on any atom is 0.273 e. The number of aromatic nitrogens is 1. The van der Waals surface area contributed by atoms with Crippen LogP contribution in [0.3, 0.4) is 0 Å². The fraction of sp³-hybridized carbons (Fsp3) is 0.412. The van der Waals surface area contributed by atoms with Gasteiger partial charge in [0.2, 0.25) is 0 Å². The van der Waals surface area contributed by atoms with E-state index in [1.54, 1.807) is 26.2 Å². The molecule has 0 fully saturated rings. The molecule has 0 bridgehead atoms. The predicted molar refractivity (Wildman–Crippen MR) is 85.7 cm³/mol. The molecule has 6 nitrogen and oxygen atoms in total. The second kappa shape index (κ2) is 7.67. The highest BCUT2D eigenvalue weighted by Crippen LogP contribution is 2.20. The number of ether oxygens (including phenoxy) is 2. The van der Waals surface area contributed by atoms with E-state index in [-0.39, 0.29) is 18.2 Å². The highest BCUT2D eigenvalue weighted by molar-refractivity contribution is 5.93. The maximum atomic E-state index is 12.2. The van der Waals surface area contributed by atoms with Crippen molar-refractivity contribution in [1.82, 2.24) is 10.5 Å². The van der Waals surface area contributed by atoms with Crippen molar-refractivity contribution < 1.29 is 18.8 Å². The molecule has 0 unspecified atom stereocenters. The summed E-state index contributed by atoms with van der Waals surface area (Å²) in [7, 11) is 1.61. The summed E-state index contributed by atoms with van der Waals surface area (Å²) < 4.78 is 16.0. The van der Waals surface area contributed by atoms with Crippen molar-refractivity contribution in [3.05, 3.63) is 41.3 Å². The maximum absolute atomic E-state index is 12.2. The average molecular weight is 318 g/mol. The lowest BCUT2D eigenvalue weighted by Crippen LogP contribution is -2.28. The Morgan fingerprint density at radius 1 is 1.26 bits per heavy atom. The Bertz CT molecular complexity index is 647. The molecular weight excluding hydrogens is 296 g/mol. The highest BCUT2D eigenvalue weighted by Gasteiger charge is 2.20. The van der Waals surface area contributed by atoms with Crippen molar-refractivity contribution in [2.24, 2.45) is 5.92 Å². The number of hydrogen-bond acceptors (Lipinski definition) is 5. The molecule has 0 spiro atoms. The number of benzene rings is 1. The minimum absolute atomic E-state index is 0.214. The summed E-state index contributed by atoms with van der Waals surface area (Å²) in [5.41, 5.74) is 0.929. The molecule has 0 aliphatic rings. The molecule has 2 rings (SSSR count). The van der Waals surface area contributed by atoms with Crippen molar-refractivity contribution in [2.45, 2.75) is 27.4 Å². The van der Waals surface area contributed by atoms with Gasteiger partial charge in [-0.25, -0.2) is 0 Å². The van der Waals surface area contributed by atoms with Crippen LogP contribution in [0, 0.1) is 12.8 Å². The third kappa shape index (κ3) is 4.48. The fourth-order valence-corrected chi connectivity index (χ4v) is 1.95. The van der Waals surface area contributed by atoms with Gasteiger partial charge in [-0.1, -0.05) is 19.0 Å². The van der Waals surface area contributed by atoms with Gasteiger partial charge in [0, 0.05) is 6.54 Å². The zero-order valence-electron chi connectivity index (χ0n) is 13.9. The van der Waals surface area contributed by atoms with Gasteiger partial charge in [-0.05, 0) is 37.1 Å². The summed E-state index contributed by atoms with van der Waals surface area (Å²) in [5, 5.41) is 6.68. The minimum Gasteiger partial charge on any atom is -0.497 e. The lowest BCUT2D eigenvalue weighted by molar-refractivity contribution is 0.0937. The van der Waals surface area contributed by atoms with Crippen molar-refractivity contribution in [1.29, 1.82) is 0 Å². The molecule has 1 aromatic heterocycles. The van der Waals surface area contributed by atoms with Crippen molar-refractivity contribution in [3.8, 4) is 11.5 Å². The van der Waals surface area contributed by atoms with Gasteiger partial charge >= 0.3 is 0 Å². The van der Waals surface area contributed by atoms with Crippen LogP contribution in [0.25, 0.3) is 0 Å². The molecule has 0 saturated carbocycles. The average Bonchev–Trinajstić information content (AvgIpc) is 2.92. The SMILES string of the molecule is COc1ccc(OCc2c(C(=O)NCC(C)C)noc2C)cc1. The Balaban J connectivity index is 2.04. The van der Waals surface area contributed by atoms with Crippen LogP contribution in [-0.4, -0.2) is 24.7 Å². The van der Waals surface area contributed by atoms with E-state index >= 15 is 0 Å². The number of nitrogens with one attached hydrogen (secondary N) is 1. The van der Waals surface area contributed by atoms with Gasteiger partial charge in [0.15, 0.2) is 5.69 Å². The topological polar surface area (TPSA) is 73.6 Å². The summed E-state index contributed by atoms with van der Waals surface area (Å²) in [6.45, 7) is 6.62. The van der Waals surface area contributed by atoms with Crippen LogP contribution in [0.2, 0.25) is 0 Å². The minimum atomic E-state index is -0.246. The van der Waals surface area contributed by atoms with Gasteiger partial charge in [-0.2, -0.15) is 0 Å². The number of hydrogen-bond donors (Lipinski definition) is 1. The monoisotopic (exact) mass is 318 g/mol. The Kier molecular flexibility index (Phi) is 5.62. The summed E-state index contributed by atoms with van der Waals surface area (Å²) in [5.74, 6) is 2.13. The number of carbonyl (C=O) groups is 1. The molecule has 1 N–H and O–H groups in total. The van der Waals surface area contributed by atoms with Crippen molar-refractivity contribution >= 4 is 5.91 Å². The first-order valence-electron chi connectivity index (χ1n) is 7.51. The number of methoxy groups -OCH3 is 1. The van der Waals surface area contributed by atoms with Crippen LogP contribution < -0.4 is 14.8 Å². The molecule has 1 heterocycles. The van der Waals surface area contributed by atoms with Gasteiger partial charge in [-0.3, -0.25) is 4.79 Å². The van der Waals surface area contributed by atoms with E-state index in [1.807, 2.05) is 26.0 Å². The third-order valence-electron chi connectivity index (χ3n) is 3.31. The first kappa shape index (κ1) is 16.9. The molecule has 0 atom stereocenters. The fourth-order valence-electron chi connectivity index (χ4n) is 1.95. The van der Waals surface area contributed by atoms with E-state index in [1.165, 1.54) is 0 Å². The molecule has 1 amide bonds. The molecule has 1 aromatic carbocycles. The van der Waals surface area contributed by atoms with Gasteiger partial charge in [0.05, 0.1) is 12.7 Å². The molecule has 124 valence electrons. The van der Waals surface area contributed by atoms with Crippen LogP contribution in [0.4, 0.5) is 0 Å². The van der Waals surface area contributed by atoms with Crippen LogP contribution in [-0.2, 0) is 6.61 Å².